The van der Waals surface area contributed by atoms with Gasteiger partial charge in [-0.3, -0.25) is 4.79 Å². The summed E-state index contributed by atoms with van der Waals surface area (Å²) >= 11 is 0. The zero-order valence-electron chi connectivity index (χ0n) is 24.9. The zero-order valence-corrected chi connectivity index (χ0v) is 26.0. The second-order valence-electron chi connectivity index (χ2n) is 12.0. The fourth-order valence-electron chi connectivity index (χ4n) is 6.93. The summed E-state index contributed by atoms with van der Waals surface area (Å²) in [6.07, 6.45) is 15.4. The maximum atomic E-state index is 13.0. The SMILES string of the molecule is C1CCCC1.CC1c2ccccc2C(=O)N1CCCCC(=C(c1ccc(O)cc1)c1ccc(O)cc1)C1CCCC1.[Fe]. The Morgan fingerprint density at radius 1 is 0.738 bits per heavy atom. The number of allylic oxidation sites excluding steroid dienone is 1. The maximum Gasteiger partial charge on any atom is 0.254 e. The van der Waals surface area contributed by atoms with Crippen LogP contribution in [-0.4, -0.2) is 27.6 Å². The molecule has 0 bridgehead atoms. The van der Waals surface area contributed by atoms with Crippen LogP contribution in [0.15, 0.2) is 78.4 Å². The molecule has 5 heteroatoms. The summed E-state index contributed by atoms with van der Waals surface area (Å²) in [7, 11) is 0. The van der Waals surface area contributed by atoms with Crippen LogP contribution in [0.3, 0.4) is 0 Å². The van der Waals surface area contributed by atoms with Gasteiger partial charge in [0.15, 0.2) is 0 Å². The van der Waals surface area contributed by atoms with Crippen LogP contribution in [0.5, 0.6) is 11.5 Å². The molecule has 2 fully saturated rings. The Bertz CT molecular complexity index is 1270. The van der Waals surface area contributed by atoms with E-state index in [0.29, 0.717) is 5.92 Å². The van der Waals surface area contributed by atoms with Crippen LogP contribution in [0.1, 0.15) is 117 Å². The minimum Gasteiger partial charge on any atom is -0.508 e. The van der Waals surface area contributed by atoms with Crippen molar-refractivity contribution in [1.29, 1.82) is 0 Å². The van der Waals surface area contributed by atoms with Crippen LogP contribution < -0.4 is 0 Å². The van der Waals surface area contributed by atoms with Gasteiger partial charge in [-0.2, -0.15) is 0 Å². The molecule has 4 nitrogen and oxygen atoms in total. The third kappa shape index (κ3) is 7.68. The first-order valence-electron chi connectivity index (χ1n) is 15.7. The van der Waals surface area contributed by atoms with Crippen LogP contribution in [0, 0.1) is 5.92 Å². The predicted octanol–water partition coefficient (Wildman–Crippen LogP) is 9.43. The first-order chi connectivity index (χ1) is 20.0. The van der Waals surface area contributed by atoms with E-state index in [0.717, 1.165) is 48.1 Å². The summed E-state index contributed by atoms with van der Waals surface area (Å²) < 4.78 is 0. The molecule has 224 valence electrons. The Morgan fingerprint density at radius 2 is 1.26 bits per heavy atom. The Kier molecular flexibility index (Phi) is 11.7. The van der Waals surface area contributed by atoms with Gasteiger partial charge in [-0.05, 0) is 97.5 Å². The first-order valence-corrected chi connectivity index (χ1v) is 15.7. The van der Waals surface area contributed by atoms with E-state index in [2.05, 4.69) is 13.0 Å². The summed E-state index contributed by atoms with van der Waals surface area (Å²) in [4.78, 5) is 15.0. The van der Waals surface area contributed by atoms with E-state index in [9.17, 15) is 15.0 Å². The number of phenolic OH excluding ortho intramolecular Hbond substituents is 2. The molecule has 2 aliphatic carbocycles. The largest absolute Gasteiger partial charge is 0.508 e. The number of phenols is 2. The number of amides is 1. The van der Waals surface area contributed by atoms with Crippen molar-refractivity contribution >= 4 is 11.5 Å². The second kappa shape index (κ2) is 15.5. The van der Waals surface area contributed by atoms with Crippen molar-refractivity contribution in [3.8, 4) is 11.5 Å². The van der Waals surface area contributed by atoms with Crippen molar-refractivity contribution in [2.45, 2.75) is 90.0 Å². The minimum atomic E-state index is 0. The van der Waals surface area contributed by atoms with Gasteiger partial charge in [-0.25, -0.2) is 0 Å². The maximum absolute atomic E-state index is 13.0. The van der Waals surface area contributed by atoms with E-state index >= 15 is 0 Å². The Balaban J connectivity index is 0.000000612. The van der Waals surface area contributed by atoms with Gasteiger partial charge in [0.25, 0.3) is 5.91 Å². The summed E-state index contributed by atoms with van der Waals surface area (Å²) in [5, 5.41) is 19.8. The molecule has 6 rings (SSSR count). The molecular weight excluding hydrogens is 562 g/mol. The van der Waals surface area contributed by atoms with Gasteiger partial charge in [-0.15, -0.1) is 0 Å². The van der Waals surface area contributed by atoms with Crippen LogP contribution in [0.25, 0.3) is 5.57 Å². The van der Waals surface area contributed by atoms with Crippen molar-refractivity contribution < 1.29 is 32.1 Å². The normalized spacial score (nSPS) is 17.8. The van der Waals surface area contributed by atoms with Gasteiger partial charge >= 0.3 is 0 Å². The molecule has 3 aromatic rings. The van der Waals surface area contributed by atoms with Crippen LogP contribution in [0.2, 0.25) is 0 Å². The molecule has 1 heterocycles. The average molecular weight is 608 g/mol. The third-order valence-electron chi connectivity index (χ3n) is 9.20. The summed E-state index contributed by atoms with van der Waals surface area (Å²) in [5.41, 5.74) is 6.86. The fraction of sp³-hybridized carbons (Fsp3) is 0.432. The smallest absolute Gasteiger partial charge is 0.254 e. The van der Waals surface area contributed by atoms with Gasteiger partial charge < -0.3 is 15.1 Å². The number of hydrogen-bond acceptors (Lipinski definition) is 3. The zero-order chi connectivity index (χ0) is 28.6. The van der Waals surface area contributed by atoms with Crippen molar-refractivity contribution in [3.05, 3.63) is 101 Å². The van der Waals surface area contributed by atoms with E-state index in [1.165, 1.54) is 68.9 Å². The predicted molar refractivity (Wildman–Crippen MR) is 167 cm³/mol. The number of benzene rings is 3. The number of fused-ring (bicyclic) bond motifs is 1. The molecule has 1 amide bonds. The Hall–Kier alpha value is -3.01. The number of unbranched alkanes of at least 4 members (excludes halogenated alkanes) is 1. The first kappa shape index (κ1) is 31.9. The van der Waals surface area contributed by atoms with E-state index < -0.39 is 0 Å². The molecule has 42 heavy (non-hydrogen) atoms. The third-order valence-corrected chi connectivity index (χ3v) is 9.20. The van der Waals surface area contributed by atoms with Crippen molar-refractivity contribution in [2.24, 2.45) is 5.92 Å². The number of hydrogen-bond donors (Lipinski definition) is 2. The Labute approximate surface area is 262 Å². The minimum absolute atomic E-state index is 0. The van der Waals surface area contributed by atoms with Crippen LogP contribution in [0.4, 0.5) is 0 Å². The van der Waals surface area contributed by atoms with E-state index in [4.69, 9.17) is 0 Å². The molecular formula is C37H45FeNO3. The molecule has 0 aromatic heterocycles. The standard InChI is InChI=1S/C32H35NO3.C5H10.Fe/c1-22-28-10-4-5-12-30(28)32(36)33(22)21-7-6-11-29(23-8-2-3-9-23)31(24-13-17-26(34)18-14-24)25-15-19-27(35)20-16-25;1-2-4-5-3-1;/h4-5,10,12-20,22-23,34-35H,2-3,6-9,11,21H2,1H3;1-5H2;. The monoisotopic (exact) mass is 607 g/mol. The molecule has 1 atom stereocenters. The number of nitrogens with zero attached hydrogens (tertiary/aromatic N) is 1. The topological polar surface area (TPSA) is 60.8 Å². The van der Waals surface area contributed by atoms with Gasteiger partial charge in [-0.1, -0.05) is 93.0 Å². The fourth-order valence-corrected chi connectivity index (χ4v) is 6.93. The molecule has 2 N–H and O–H groups in total. The van der Waals surface area contributed by atoms with Crippen LogP contribution >= 0.6 is 0 Å². The van der Waals surface area contributed by atoms with Gasteiger partial charge in [0.2, 0.25) is 0 Å². The number of rotatable bonds is 8. The molecule has 0 spiro atoms. The number of carbonyl (C=O) groups is 1. The van der Waals surface area contributed by atoms with Crippen molar-refractivity contribution in [2.75, 3.05) is 6.54 Å². The summed E-state index contributed by atoms with van der Waals surface area (Å²) in [6, 6.07) is 23.1. The second-order valence-corrected chi connectivity index (χ2v) is 12.0. The molecule has 1 unspecified atom stereocenters. The molecule has 3 aliphatic rings. The van der Waals surface area contributed by atoms with E-state index in [1.54, 1.807) is 24.3 Å². The Morgan fingerprint density at radius 3 is 1.79 bits per heavy atom. The molecule has 2 saturated carbocycles. The van der Waals surface area contributed by atoms with Crippen molar-refractivity contribution in [3.63, 3.8) is 0 Å². The molecule has 1 aliphatic heterocycles. The van der Waals surface area contributed by atoms with E-state index in [1.807, 2.05) is 47.4 Å². The molecule has 0 radical (unpaired) electrons. The number of carbonyl (C=O) groups excluding carboxylic acids is 1. The van der Waals surface area contributed by atoms with Crippen LogP contribution in [-0.2, 0) is 17.1 Å². The summed E-state index contributed by atoms with van der Waals surface area (Å²) in [6.45, 7) is 2.89. The van der Waals surface area contributed by atoms with E-state index in [-0.39, 0.29) is 40.5 Å². The quantitative estimate of drug-likeness (QED) is 0.198. The molecule has 0 saturated heterocycles. The summed E-state index contributed by atoms with van der Waals surface area (Å²) in [5.74, 6) is 1.21. The van der Waals surface area contributed by atoms with Gasteiger partial charge in [0.1, 0.15) is 11.5 Å². The van der Waals surface area contributed by atoms with Crippen molar-refractivity contribution in [1.82, 2.24) is 4.90 Å². The average Bonchev–Trinajstić information content (AvgIpc) is 3.78. The van der Waals surface area contributed by atoms with Gasteiger partial charge in [0, 0.05) is 29.2 Å². The molecule has 3 aromatic carbocycles. The van der Waals surface area contributed by atoms with Gasteiger partial charge in [0.05, 0.1) is 6.04 Å². The number of aromatic hydroxyl groups is 2.